The van der Waals surface area contributed by atoms with Crippen LogP contribution in [0, 0.1) is 0 Å². The number of likely N-dealkylation sites (N-methyl/N-ethyl adjacent to an activating group) is 1. The molecule has 0 aliphatic carbocycles. The molecule has 92 heavy (non-hydrogen) atoms. The molecule has 0 rings (SSSR count). The summed E-state index contributed by atoms with van der Waals surface area (Å²) in [7, 11) is 1.16. The smallest absolute Gasteiger partial charge is 0.306 e. The molecule has 0 aromatic heterocycles. The number of esters is 2. The van der Waals surface area contributed by atoms with Gasteiger partial charge in [0.1, 0.15) is 19.8 Å². The summed E-state index contributed by atoms with van der Waals surface area (Å²) in [6.45, 7) is 4.03. The Labute approximate surface area is 568 Å². The van der Waals surface area contributed by atoms with Gasteiger partial charge in [0.15, 0.2) is 6.10 Å². The highest BCUT2D eigenvalue weighted by atomic mass is 31.2. The van der Waals surface area contributed by atoms with Crippen LogP contribution in [0.2, 0.25) is 0 Å². The minimum atomic E-state index is -4.65. The van der Waals surface area contributed by atoms with Crippen LogP contribution >= 0.6 is 7.82 Å². The SMILES string of the molecule is CC/C=C\C/C=C\C/C=C\C/C=C\C/C=C\C/C=C\CCCCCCCCCCC(=O)OC(COC(=O)CCCCCCCCCCCCCCCCCCCCCCCCCCCCCC/C=C\C/C=C\C/C=C\C/C=C\CC)COP(=O)([O-])OCC[N+](C)(C)C. The maximum Gasteiger partial charge on any atom is 0.306 e. The number of nitrogens with zero attached hydrogens (tertiary/aromatic N) is 1. The Morgan fingerprint density at radius 1 is 0.337 bits per heavy atom. The third-order valence-electron chi connectivity index (χ3n) is 16.5. The summed E-state index contributed by atoms with van der Waals surface area (Å²) in [5, 5.41) is 0. The predicted octanol–water partition coefficient (Wildman–Crippen LogP) is 24.8. The van der Waals surface area contributed by atoms with Crippen molar-refractivity contribution in [2.75, 3.05) is 47.5 Å². The first-order chi connectivity index (χ1) is 45.0. The van der Waals surface area contributed by atoms with Crippen LogP contribution in [-0.2, 0) is 32.7 Å². The number of carbonyl (C=O) groups excluding carboxylic acids is 2. The number of ether oxygens (including phenoxy) is 2. The largest absolute Gasteiger partial charge is 0.756 e. The molecule has 9 nitrogen and oxygen atoms in total. The Morgan fingerprint density at radius 3 is 0.870 bits per heavy atom. The molecular weight excluding hydrogens is 1160 g/mol. The Kier molecular flexibility index (Phi) is 68.9. The van der Waals surface area contributed by atoms with E-state index < -0.39 is 26.5 Å². The van der Waals surface area contributed by atoms with E-state index in [-0.39, 0.29) is 32.0 Å². The van der Waals surface area contributed by atoms with Crippen LogP contribution in [0.25, 0.3) is 0 Å². The summed E-state index contributed by atoms with van der Waals surface area (Å²) >= 11 is 0. The average Bonchev–Trinajstić information content (AvgIpc) is 2.14. The molecule has 0 N–H and O–H groups in total. The van der Waals surface area contributed by atoms with E-state index in [0.29, 0.717) is 17.4 Å². The second kappa shape index (κ2) is 71.7. The molecule has 530 valence electrons. The van der Waals surface area contributed by atoms with Gasteiger partial charge in [-0.15, -0.1) is 0 Å². The second-order valence-electron chi connectivity index (χ2n) is 26.6. The van der Waals surface area contributed by atoms with Crippen molar-refractivity contribution >= 4 is 19.8 Å². The third-order valence-corrected chi connectivity index (χ3v) is 17.4. The zero-order valence-corrected chi connectivity index (χ0v) is 61.4. The van der Waals surface area contributed by atoms with Crippen molar-refractivity contribution in [3.8, 4) is 0 Å². The number of rotatable bonds is 70. The fraction of sp³-hybridized carbons (Fsp3) is 0.732. The van der Waals surface area contributed by atoms with Crippen LogP contribution in [0.15, 0.2) is 122 Å². The quantitative estimate of drug-likeness (QED) is 0.0195. The molecule has 0 saturated heterocycles. The molecule has 2 unspecified atom stereocenters. The number of carbonyl (C=O) groups is 2. The van der Waals surface area contributed by atoms with Gasteiger partial charge >= 0.3 is 11.9 Å². The summed E-state index contributed by atoms with van der Waals surface area (Å²) in [5.41, 5.74) is 0. The van der Waals surface area contributed by atoms with Crippen molar-refractivity contribution in [2.45, 2.75) is 341 Å². The highest BCUT2D eigenvalue weighted by Gasteiger charge is 2.22. The monoisotopic (exact) mass is 1300 g/mol. The molecule has 0 aromatic rings. The normalized spacial score (nSPS) is 13.8. The molecule has 2 atom stereocenters. The van der Waals surface area contributed by atoms with Crippen LogP contribution in [-0.4, -0.2) is 70.0 Å². The lowest BCUT2D eigenvalue weighted by molar-refractivity contribution is -0.870. The van der Waals surface area contributed by atoms with Gasteiger partial charge in [0.25, 0.3) is 7.82 Å². The number of hydrogen-bond acceptors (Lipinski definition) is 8. The molecule has 0 amide bonds. The number of unbranched alkanes of at least 4 members (excludes halogenated alkanes) is 36. The highest BCUT2D eigenvalue weighted by Crippen LogP contribution is 2.38. The molecule has 0 saturated carbocycles. The molecule has 0 spiro atoms. The Morgan fingerprint density at radius 2 is 0.587 bits per heavy atom. The zero-order chi connectivity index (χ0) is 66.9. The van der Waals surface area contributed by atoms with E-state index in [9.17, 15) is 19.0 Å². The van der Waals surface area contributed by atoms with E-state index in [2.05, 4.69) is 135 Å². The number of phosphoric acid groups is 1. The summed E-state index contributed by atoms with van der Waals surface area (Å²) in [5.74, 6) is -0.835. The van der Waals surface area contributed by atoms with E-state index >= 15 is 0 Å². The number of quaternary nitrogens is 1. The fourth-order valence-corrected chi connectivity index (χ4v) is 11.4. The lowest BCUT2D eigenvalue weighted by Crippen LogP contribution is -2.37. The molecule has 0 aromatic carbocycles. The van der Waals surface area contributed by atoms with Crippen LogP contribution in [0.5, 0.6) is 0 Å². The second-order valence-corrected chi connectivity index (χ2v) is 28.0. The summed E-state index contributed by atoms with van der Waals surface area (Å²) in [6.07, 6.45) is 103. The molecule has 10 heteroatoms. The van der Waals surface area contributed by atoms with Gasteiger partial charge in [0.05, 0.1) is 27.7 Å². The molecule has 0 aliphatic rings. The van der Waals surface area contributed by atoms with Gasteiger partial charge in [-0.1, -0.05) is 341 Å². The van der Waals surface area contributed by atoms with Gasteiger partial charge in [0.2, 0.25) is 0 Å². The van der Waals surface area contributed by atoms with Gasteiger partial charge in [-0.25, -0.2) is 0 Å². The maximum atomic E-state index is 12.9. The average molecular weight is 1300 g/mol. The predicted molar refractivity (Wildman–Crippen MR) is 397 cm³/mol. The minimum absolute atomic E-state index is 0.0359. The molecular formula is C82H144NO8P. The third kappa shape index (κ3) is 75.4. The zero-order valence-electron chi connectivity index (χ0n) is 60.5. The van der Waals surface area contributed by atoms with Crippen LogP contribution in [0.3, 0.4) is 0 Å². The Bertz CT molecular complexity index is 1970. The van der Waals surface area contributed by atoms with Crippen LogP contribution < -0.4 is 4.89 Å². The Balaban J connectivity index is 3.94. The summed E-state index contributed by atoms with van der Waals surface area (Å²) < 4.78 is 34.4. The van der Waals surface area contributed by atoms with E-state index in [0.717, 1.165) is 109 Å². The first-order valence-corrected chi connectivity index (χ1v) is 39.7. The highest BCUT2D eigenvalue weighted by molar-refractivity contribution is 7.45. The van der Waals surface area contributed by atoms with Crippen LogP contribution in [0.1, 0.15) is 335 Å². The van der Waals surface area contributed by atoms with E-state index in [1.54, 1.807) is 0 Å². The fourth-order valence-electron chi connectivity index (χ4n) is 10.7. The van der Waals surface area contributed by atoms with Crippen molar-refractivity contribution < 1.29 is 42.1 Å². The van der Waals surface area contributed by atoms with E-state index in [1.807, 2.05) is 21.1 Å². The van der Waals surface area contributed by atoms with Gasteiger partial charge in [-0.05, 0) is 103 Å². The number of hydrogen-bond donors (Lipinski definition) is 0. The summed E-state index contributed by atoms with van der Waals surface area (Å²) in [6, 6.07) is 0. The maximum absolute atomic E-state index is 12.9. The van der Waals surface area contributed by atoms with E-state index in [1.165, 1.54) is 193 Å². The first-order valence-electron chi connectivity index (χ1n) is 38.2. The topological polar surface area (TPSA) is 111 Å². The van der Waals surface area contributed by atoms with Crippen molar-refractivity contribution in [1.29, 1.82) is 0 Å². The van der Waals surface area contributed by atoms with Crippen molar-refractivity contribution in [3.63, 3.8) is 0 Å². The van der Waals surface area contributed by atoms with E-state index in [4.69, 9.17) is 18.5 Å². The lowest BCUT2D eigenvalue weighted by atomic mass is 10.0. The van der Waals surface area contributed by atoms with Gasteiger partial charge in [-0.2, -0.15) is 0 Å². The first kappa shape index (κ1) is 88.4. The molecule has 0 fully saturated rings. The number of allylic oxidation sites excluding steroid dienone is 20. The minimum Gasteiger partial charge on any atom is -0.756 e. The number of phosphoric ester groups is 1. The van der Waals surface area contributed by atoms with Crippen molar-refractivity contribution in [2.24, 2.45) is 0 Å². The van der Waals surface area contributed by atoms with Crippen molar-refractivity contribution in [1.82, 2.24) is 0 Å². The molecule has 0 bridgehead atoms. The van der Waals surface area contributed by atoms with Gasteiger partial charge in [0, 0.05) is 12.8 Å². The lowest BCUT2D eigenvalue weighted by Gasteiger charge is -2.28. The Hall–Kier alpha value is -3.59. The standard InChI is InChI=1S/C82H144NO8P/c1-6-8-10-12-14-16-18-20-22-24-26-28-30-32-34-35-36-37-38-39-40-41-42-43-44-45-46-47-49-50-52-54-56-58-60-62-64-66-68-70-72-74-81(84)88-78-80(79-90-92(86,87)89-77-76-83(3,4)5)91-82(85)75-73-71-69-67-65-63-61-59-57-55-53-51-48-33-31-29-27-25-23-21-19-17-15-13-11-9-7-2/h8-11,14-17,20-23,26-29,33,48,53,55,80H,6-7,12-13,18-19,24-25,30-32,34-47,49-52,54,56-79H2,1-5H3/b10-8-,11-9-,16-14-,17-15-,22-20-,23-21-,28-26-,29-27-,48-33-,55-53-. The molecule has 0 heterocycles. The molecule has 0 radical (unpaired) electrons. The van der Waals surface area contributed by atoms with Crippen LogP contribution in [0.4, 0.5) is 0 Å². The summed E-state index contributed by atoms with van der Waals surface area (Å²) in [4.78, 5) is 38.1. The molecule has 0 aliphatic heterocycles. The van der Waals surface area contributed by atoms with Gasteiger partial charge in [-0.3, -0.25) is 14.2 Å². The van der Waals surface area contributed by atoms with Gasteiger partial charge < -0.3 is 27.9 Å². The van der Waals surface area contributed by atoms with Crippen molar-refractivity contribution in [3.05, 3.63) is 122 Å².